The number of ether oxygens (including phenoxy) is 2. The normalized spacial score (nSPS) is 10.6. The first-order valence-corrected chi connectivity index (χ1v) is 7.00. The zero-order valence-corrected chi connectivity index (χ0v) is 13.7. The average Bonchev–Trinajstić information content (AvgIpc) is 2.73. The molecule has 0 saturated heterocycles. The van der Waals surface area contributed by atoms with Crippen molar-refractivity contribution in [1.82, 2.24) is 9.78 Å². The quantitative estimate of drug-likeness (QED) is 0.920. The number of benzene rings is 1. The molecule has 21 heavy (non-hydrogen) atoms. The predicted molar refractivity (Wildman–Crippen MR) is 84.6 cm³/mol. The number of nitrogens with one attached hydrogen (secondary N) is 1. The van der Waals surface area contributed by atoms with E-state index in [4.69, 9.17) is 21.1 Å². The molecule has 0 bridgehead atoms. The molecule has 0 aliphatic heterocycles. The van der Waals surface area contributed by atoms with Crippen molar-refractivity contribution in [2.45, 2.75) is 20.4 Å². The van der Waals surface area contributed by atoms with E-state index in [1.54, 1.807) is 18.9 Å². The summed E-state index contributed by atoms with van der Waals surface area (Å²) in [6.07, 6.45) is 0. The highest BCUT2D eigenvalue weighted by molar-refractivity contribution is 6.31. The molecule has 114 valence electrons. The van der Waals surface area contributed by atoms with E-state index in [2.05, 4.69) is 10.4 Å². The molecule has 1 aromatic carbocycles. The number of aryl methyl sites for hydroxylation is 3. The Morgan fingerprint density at radius 2 is 1.95 bits per heavy atom. The van der Waals surface area contributed by atoms with Crippen LogP contribution in [0.3, 0.4) is 0 Å². The summed E-state index contributed by atoms with van der Waals surface area (Å²) in [5, 5.41) is 8.42. The maximum Gasteiger partial charge on any atom is 0.216 e. The first-order valence-electron chi connectivity index (χ1n) is 6.62. The molecule has 0 aliphatic rings. The van der Waals surface area contributed by atoms with Crippen LogP contribution in [0, 0.1) is 13.8 Å². The van der Waals surface area contributed by atoms with Gasteiger partial charge in [-0.1, -0.05) is 11.6 Å². The number of halogens is 1. The third kappa shape index (κ3) is 3.08. The van der Waals surface area contributed by atoms with Crippen LogP contribution in [-0.4, -0.2) is 24.0 Å². The predicted octanol–water partition coefficient (Wildman–Crippen LogP) is 3.32. The fourth-order valence-electron chi connectivity index (χ4n) is 2.29. The van der Waals surface area contributed by atoms with Crippen molar-refractivity contribution >= 4 is 17.3 Å². The van der Waals surface area contributed by atoms with Gasteiger partial charge in [0.2, 0.25) is 5.88 Å². The van der Waals surface area contributed by atoms with Crippen LogP contribution >= 0.6 is 11.6 Å². The largest absolute Gasteiger partial charge is 0.495 e. The van der Waals surface area contributed by atoms with E-state index in [0.29, 0.717) is 17.3 Å². The lowest BCUT2D eigenvalue weighted by molar-refractivity contribution is 0.369. The molecule has 6 heteroatoms. The number of hydrogen-bond acceptors (Lipinski definition) is 4. The third-order valence-corrected chi connectivity index (χ3v) is 3.83. The average molecular weight is 310 g/mol. The second-order valence-corrected chi connectivity index (χ2v) is 5.26. The van der Waals surface area contributed by atoms with Crippen LogP contribution in [0.5, 0.6) is 11.6 Å². The molecule has 0 fully saturated rings. The van der Waals surface area contributed by atoms with Crippen LogP contribution in [-0.2, 0) is 13.6 Å². The Hall–Kier alpha value is -1.88. The van der Waals surface area contributed by atoms with Crippen LogP contribution in [0.1, 0.15) is 16.8 Å². The minimum absolute atomic E-state index is 0.597. The molecular weight excluding hydrogens is 290 g/mol. The van der Waals surface area contributed by atoms with Gasteiger partial charge in [-0.05, 0) is 25.5 Å². The Kier molecular flexibility index (Phi) is 4.63. The van der Waals surface area contributed by atoms with Gasteiger partial charge < -0.3 is 14.8 Å². The molecule has 0 aliphatic carbocycles. The van der Waals surface area contributed by atoms with Gasteiger partial charge in [-0.2, -0.15) is 5.10 Å². The summed E-state index contributed by atoms with van der Waals surface area (Å²) < 4.78 is 12.5. The highest BCUT2D eigenvalue weighted by Gasteiger charge is 2.14. The van der Waals surface area contributed by atoms with Gasteiger partial charge >= 0.3 is 0 Å². The molecule has 0 unspecified atom stereocenters. The molecule has 0 atom stereocenters. The molecule has 1 heterocycles. The third-order valence-electron chi connectivity index (χ3n) is 3.42. The van der Waals surface area contributed by atoms with Crippen molar-refractivity contribution < 1.29 is 9.47 Å². The number of aromatic nitrogens is 2. The Balaban J connectivity index is 2.26. The van der Waals surface area contributed by atoms with Crippen molar-refractivity contribution in [2.75, 3.05) is 19.5 Å². The Morgan fingerprint density at radius 3 is 2.57 bits per heavy atom. The molecule has 1 aromatic heterocycles. The summed E-state index contributed by atoms with van der Waals surface area (Å²) in [6.45, 7) is 4.52. The highest BCUT2D eigenvalue weighted by atomic mass is 35.5. The number of nitrogens with zero attached hydrogens (tertiary/aromatic N) is 2. The molecule has 0 amide bonds. The van der Waals surface area contributed by atoms with Gasteiger partial charge in [-0.25, -0.2) is 4.68 Å². The van der Waals surface area contributed by atoms with Gasteiger partial charge in [-0.15, -0.1) is 0 Å². The van der Waals surface area contributed by atoms with E-state index < -0.39 is 0 Å². The van der Waals surface area contributed by atoms with E-state index in [0.717, 1.165) is 28.4 Å². The lowest BCUT2D eigenvalue weighted by atomic mass is 10.2. The van der Waals surface area contributed by atoms with Gasteiger partial charge in [0, 0.05) is 24.7 Å². The summed E-state index contributed by atoms with van der Waals surface area (Å²) >= 11 is 6.12. The van der Waals surface area contributed by atoms with Crippen LogP contribution in [0.4, 0.5) is 5.69 Å². The summed E-state index contributed by atoms with van der Waals surface area (Å²) in [7, 11) is 5.14. The van der Waals surface area contributed by atoms with E-state index in [1.165, 1.54) is 0 Å². The standard InChI is InChI=1S/C15H20ClN3O2/c1-9-6-13(14(20-4)7-12(9)16)17-8-11-10(2)18-19(3)15(11)21-5/h6-7,17H,8H2,1-5H3. The van der Waals surface area contributed by atoms with Crippen molar-refractivity contribution in [2.24, 2.45) is 7.05 Å². The van der Waals surface area contributed by atoms with E-state index in [9.17, 15) is 0 Å². The molecule has 2 aromatic rings. The molecule has 0 saturated carbocycles. The first-order chi connectivity index (χ1) is 9.97. The second kappa shape index (κ2) is 6.26. The topological polar surface area (TPSA) is 48.3 Å². The van der Waals surface area contributed by atoms with Crippen LogP contribution < -0.4 is 14.8 Å². The summed E-state index contributed by atoms with van der Waals surface area (Å²) in [4.78, 5) is 0. The van der Waals surface area contributed by atoms with Gasteiger partial charge in [0.25, 0.3) is 0 Å². The van der Waals surface area contributed by atoms with Crippen molar-refractivity contribution in [3.8, 4) is 11.6 Å². The molecule has 5 nitrogen and oxygen atoms in total. The van der Waals surface area contributed by atoms with E-state index in [1.807, 2.05) is 33.0 Å². The van der Waals surface area contributed by atoms with Gasteiger partial charge in [0.15, 0.2) is 0 Å². The molecular formula is C15H20ClN3O2. The number of anilines is 1. The summed E-state index contributed by atoms with van der Waals surface area (Å²) in [5.74, 6) is 1.47. The van der Waals surface area contributed by atoms with Gasteiger partial charge in [0.1, 0.15) is 5.75 Å². The molecule has 2 rings (SSSR count). The molecule has 0 radical (unpaired) electrons. The number of methoxy groups -OCH3 is 2. The zero-order valence-electron chi connectivity index (χ0n) is 13.0. The van der Waals surface area contributed by atoms with Gasteiger partial charge in [-0.3, -0.25) is 0 Å². The Bertz CT molecular complexity index is 653. The van der Waals surface area contributed by atoms with Crippen molar-refractivity contribution in [3.05, 3.63) is 34.0 Å². The van der Waals surface area contributed by atoms with E-state index in [-0.39, 0.29) is 0 Å². The smallest absolute Gasteiger partial charge is 0.216 e. The minimum Gasteiger partial charge on any atom is -0.495 e. The number of hydrogen-bond donors (Lipinski definition) is 1. The second-order valence-electron chi connectivity index (χ2n) is 4.85. The Morgan fingerprint density at radius 1 is 1.24 bits per heavy atom. The maximum atomic E-state index is 6.12. The van der Waals surface area contributed by atoms with Crippen LogP contribution in [0.2, 0.25) is 5.02 Å². The van der Waals surface area contributed by atoms with Gasteiger partial charge in [0.05, 0.1) is 31.2 Å². The fourth-order valence-corrected chi connectivity index (χ4v) is 2.45. The molecule has 0 spiro atoms. The highest BCUT2D eigenvalue weighted by Crippen LogP contribution is 2.32. The SMILES string of the molecule is COc1cc(Cl)c(C)cc1NCc1c(C)nn(C)c1OC. The monoisotopic (exact) mass is 309 g/mol. The van der Waals surface area contributed by atoms with Crippen molar-refractivity contribution in [1.29, 1.82) is 0 Å². The minimum atomic E-state index is 0.597. The van der Waals surface area contributed by atoms with E-state index >= 15 is 0 Å². The number of rotatable bonds is 5. The summed E-state index contributed by atoms with van der Waals surface area (Å²) in [5.41, 5.74) is 3.85. The Labute approximate surface area is 129 Å². The first kappa shape index (κ1) is 15.5. The van der Waals surface area contributed by atoms with Crippen LogP contribution in [0.15, 0.2) is 12.1 Å². The lowest BCUT2D eigenvalue weighted by Gasteiger charge is -2.13. The fraction of sp³-hybridized carbons (Fsp3) is 0.400. The summed E-state index contributed by atoms with van der Waals surface area (Å²) in [6, 6.07) is 3.78. The maximum absolute atomic E-state index is 6.12. The zero-order chi connectivity index (χ0) is 15.6. The molecule has 1 N–H and O–H groups in total. The lowest BCUT2D eigenvalue weighted by Crippen LogP contribution is -2.04. The van der Waals surface area contributed by atoms with Crippen molar-refractivity contribution in [3.63, 3.8) is 0 Å². The van der Waals surface area contributed by atoms with Crippen LogP contribution in [0.25, 0.3) is 0 Å².